The molecule has 0 spiro atoms. The normalized spacial score (nSPS) is 21.6. The highest BCUT2D eigenvalue weighted by atomic mass is 32.2. The molecule has 0 unspecified atom stereocenters. The van der Waals surface area contributed by atoms with Crippen molar-refractivity contribution in [2.45, 2.75) is 49.6 Å². The molecule has 0 radical (unpaired) electrons. The minimum Gasteiger partial charge on any atom is -0.348 e. The number of nitrogens with one attached hydrogen (secondary N) is 2. The number of halogens is 1. The molecule has 1 saturated carbocycles. The van der Waals surface area contributed by atoms with E-state index in [9.17, 15) is 17.6 Å². The van der Waals surface area contributed by atoms with Gasteiger partial charge in [0.1, 0.15) is 5.82 Å². The lowest BCUT2D eigenvalue weighted by Crippen LogP contribution is -3.19. The number of carbonyl (C=O) groups excluding carboxylic acids is 1. The summed E-state index contributed by atoms with van der Waals surface area (Å²) in [4.78, 5) is 13.5. The van der Waals surface area contributed by atoms with Gasteiger partial charge >= 0.3 is 0 Å². The maximum atomic E-state index is 13.4. The van der Waals surface area contributed by atoms with Crippen molar-refractivity contribution < 1.29 is 22.5 Å². The third kappa shape index (κ3) is 4.24. The van der Waals surface area contributed by atoms with Crippen LogP contribution in [0, 0.1) is 5.82 Å². The molecular weight excluding hydrogens is 357 g/mol. The van der Waals surface area contributed by atoms with E-state index in [2.05, 4.69) is 5.32 Å². The molecule has 2 fully saturated rings. The van der Waals surface area contributed by atoms with Crippen LogP contribution >= 0.6 is 0 Å². The van der Waals surface area contributed by atoms with Gasteiger partial charge in [-0.3, -0.25) is 4.79 Å². The average Bonchev–Trinajstić information content (AvgIpc) is 3.14. The van der Waals surface area contributed by atoms with E-state index in [0.29, 0.717) is 32.2 Å². The van der Waals surface area contributed by atoms with Gasteiger partial charge in [0.15, 0.2) is 6.04 Å². The number of benzene rings is 1. The molecule has 26 heavy (non-hydrogen) atoms. The second-order valence-corrected chi connectivity index (χ2v) is 9.17. The molecule has 144 valence electrons. The third-order valence-corrected chi connectivity index (χ3v) is 7.40. The van der Waals surface area contributed by atoms with Crippen LogP contribution in [0.5, 0.6) is 0 Å². The molecule has 1 aliphatic heterocycles. The number of carbonyl (C=O) groups is 1. The van der Waals surface area contributed by atoms with Crippen LogP contribution < -0.4 is 10.2 Å². The Morgan fingerprint density at radius 2 is 1.92 bits per heavy atom. The Kier molecular flexibility index (Phi) is 5.94. The van der Waals surface area contributed by atoms with Crippen molar-refractivity contribution in [3.05, 3.63) is 30.1 Å². The molecule has 3 rings (SSSR count). The summed E-state index contributed by atoms with van der Waals surface area (Å²) in [6, 6.07) is 5.18. The lowest BCUT2D eigenvalue weighted by Gasteiger charge is -2.34. The average molecular weight is 384 g/mol. The predicted molar refractivity (Wildman–Crippen MR) is 95.7 cm³/mol. The van der Waals surface area contributed by atoms with Gasteiger partial charge in [-0.25, -0.2) is 12.8 Å². The predicted octanol–water partition coefficient (Wildman–Crippen LogP) is 0.162. The van der Waals surface area contributed by atoms with Gasteiger partial charge in [-0.05, 0) is 38.0 Å². The smallest absolute Gasteiger partial charge is 0.278 e. The van der Waals surface area contributed by atoms with Crippen LogP contribution in [0.1, 0.15) is 32.6 Å². The zero-order chi connectivity index (χ0) is 18.7. The Labute approximate surface area is 154 Å². The molecule has 8 heteroatoms. The highest BCUT2D eigenvalue weighted by molar-refractivity contribution is 7.89. The number of hydrogen-bond acceptors (Lipinski definition) is 3. The standard InChI is InChI=1S/C18H26FN3O3S/c1-14(18(23)20-16-6-2-3-7-16)21-9-11-22(12-10-21)26(24,25)17-8-4-5-15(19)13-17/h4-5,8,13-14,16H,2-3,6-7,9-12H2,1H3,(H,20,23)/p+1/t14-/m0/s1. The van der Waals surface area contributed by atoms with Gasteiger partial charge in [0, 0.05) is 6.04 Å². The quantitative estimate of drug-likeness (QED) is 0.760. The van der Waals surface area contributed by atoms with Crippen LogP contribution in [-0.2, 0) is 14.8 Å². The van der Waals surface area contributed by atoms with Crippen molar-refractivity contribution >= 4 is 15.9 Å². The van der Waals surface area contributed by atoms with E-state index in [1.165, 1.54) is 35.3 Å². The summed E-state index contributed by atoms with van der Waals surface area (Å²) in [5.41, 5.74) is 0. The van der Waals surface area contributed by atoms with E-state index < -0.39 is 15.8 Å². The number of hydrogen-bond donors (Lipinski definition) is 2. The fourth-order valence-corrected chi connectivity index (χ4v) is 5.28. The number of sulfonamides is 1. The zero-order valence-electron chi connectivity index (χ0n) is 15.1. The van der Waals surface area contributed by atoms with E-state index in [0.717, 1.165) is 23.8 Å². The summed E-state index contributed by atoms with van der Waals surface area (Å²) in [5.74, 6) is -0.513. The van der Waals surface area contributed by atoms with E-state index in [1.54, 1.807) is 0 Å². The minimum atomic E-state index is -3.69. The van der Waals surface area contributed by atoms with E-state index >= 15 is 0 Å². The Morgan fingerprint density at radius 1 is 1.27 bits per heavy atom. The molecule has 2 aliphatic rings. The number of rotatable bonds is 5. The Morgan fingerprint density at radius 3 is 2.54 bits per heavy atom. The van der Waals surface area contributed by atoms with Crippen LogP contribution in [0.4, 0.5) is 4.39 Å². The SMILES string of the molecule is C[C@@H](C(=O)NC1CCCC1)[NH+]1CCN(S(=O)(=O)c2cccc(F)c2)CC1. The summed E-state index contributed by atoms with van der Waals surface area (Å²) in [6.45, 7) is 3.68. The number of piperazine rings is 1. The molecule has 0 bridgehead atoms. The van der Waals surface area contributed by atoms with Gasteiger partial charge in [0.2, 0.25) is 10.0 Å². The van der Waals surface area contributed by atoms with Gasteiger partial charge in [-0.2, -0.15) is 4.31 Å². The first-order chi connectivity index (χ1) is 12.4. The van der Waals surface area contributed by atoms with E-state index in [-0.39, 0.29) is 16.8 Å². The van der Waals surface area contributed by atoms with Crippen molar-refractivity contribution in [1.29, 1.82) is 0 Å². The Hall–Kier alpha value is -1.51. The van der Waals surface area contributed by atoms with Crippen molar-refractivity contribution in [3.8, 4) is 0 Å². The first-order valence-corrected chi connectivity index (χ1v) is 10.7. The third-order valence-electron chi connectivity index (χ3n) is 5.51. The molecule has 0 aromatic heterocycles. The number of nitrogens with zero attached hydrogens (tertiary/aromatic N) is 1. The minimum absolute atomic E-state index is 0.0204. The van der Waals surface area contributed by atoms with E-state index in [4.69, 9.17) is 0 Å². The number of quaternary nitrogens is 1. The first kappa shape index (κ1) is 19.3. The summed E-state index contributed by atoms with van der Waals surface area (Å²) in [6.07, 6.45) is 4.44. The van der Waals surface area contributed by atoms with Crippen LogP contribution in [0.25, 0.3) is 0 Å². The van der Waals surface area contributed by atoms with Gasteiger partial charge < -0.3 is 10.2 Å². The van der Waals surface area contributed by atoms with Crippen LogP contribution in [0.15, 0.2) is 29.2 Å². The summed E-state index contributed by atoms with van der Waals surface area (Å²) >= 11 is 0. The van der Waals surface area contributed by atoms with Crippen molar-refractivity contribution in [2.24, 2.45) is 0 Å². The maximum Gasteiger partial charge on any atom is 0.278 e. The first-order valence-electron chi connectivity index (χ1n) is 9.28. The molecule has 1 heterocycles. The molecule has 1 aromatic carbocycles. The topological polar surface area (TPSA) is 70.9 Å². The van der Waals surface area contributed by atoms with Crippen molar-refractivity contribution in [1.82, 2.24) is 9.62 Å². The Bertz CT molecular complexity index is 742. The van der Waals surface area contributed by atoms with Crippen LogP contribution in [0.3, 0.4) is 0 Å². The molecule has 6 nitrogen and oxygen atoms in total. The van der Waals surface area contributed by atoms with Crippen LogP contribution in [-0.4, -0.2) is 56.9 Å². The summed E-state index contributed by atoms with van der Waals surface area (Å²) in [7, 11) is -3.69. The second kappa shape index (κ2) is 8.02. The Balaban J connectivity index is 1.57. The zero-order valence-corrected chi connectivity index (χ0v) is 15.9. The molecule has 1 aromatic rings. The monoisotopic (exact) mass is 384 g/mol. The van der Waals surface area contributed by atoms with Gasteiger partial charge in [-0.1, -0.05) is 18.9 Å². The highest BCUT2D eigenvalue weighted by Gasteiger charge is 2.35. The van der Waals surface area contributed by atoms with Crippen LogP contribution in [0.2, 0.25) is 0 Å². The highest BCUT2D eigenvalue weighted by Crippen LogP contribution is 2.18. The number of amides is 1. The van der Waals surface area contributed by atoms with Gasteiger partial charge in [0.25, 0.3) is 5.91 Å². The van der Waals surface area contributed by atoms with Gasteiger partial charge in [-0.15, -0.1) is 0 Å². The molecule has 2 N–H and O–H groups in total. The molecule has 1 atom stereocenters. The fraction of sp³-hybridized carbons (Fsp3) is 0.611. The van der Waals surface area contributed by atoms with Crippen molar-refractivity contribution in [3.63, 3.8) is 0 Å². The van der Waals surface area contributed by atoms with Gasteiger partial charge in [0.05, 0.1) is 31.1 Å². The summed E-state index contributed by atoms with van der Waals surface area (Å²) < 4.78 is 40.0. The fourth-order valence-electron chi connectivity index (χ4n) is 3.81. The van der Waals surface area contributed by atoms with E-state index in [1.807, 2.05) is 6.92 Å². The molecule has 1 aliphatic carbocycles. The largest absolute Gasteiger partial charge is 0.348 e. The lowest BCUT2D eigenvalue weighted by atomic mass is 10.2. The molecular formula is C18H27FN3O3S+. The molecule has 1 saturated heterocycles. The summed E-state index contributed by atoms with van der Waals surface area (Å²) in [5, 5.41) is 3.12. The molecule has 1 amide bonds. The lowest BCUT2D eigenvalue weighted by molar-refractivity contribution is -0.917. The van der Waals surface area contributed by atoms with Crippen molar-refractivity contribution in [2.75, 3.05) is 26.2 Å². The second-order valence-electron chi connectivity index (χ2n) is 7.23. The maximum absolute atomic E-state index is 13.4.